The average Bonchev–Trinajstić information content (AvgIpc) is 3.38. The molecule has 0 bridgehead atoms. The Morgan fingerprint density at radius 2 is 1.56 bits per heavy atom. The second-order valence-corrected chi connectivity index (χ2v) is 6.20. The molecule has 2 aromatic rings. The maximum absolute atomic E-state index is 12.1. The summed E-state index contributed by atoms with van der Waals surface area (Å²) in [5, 5.41) is 2.69. The number of piperidine rings is 1. The van der Waals surface area contributed by atoms with Gasteiger partial charge in [-0.25, -0.2) is 0 Å². The number of nitrogens with one attached hydrogen (secondary N) is 1. The van der Waals surface area contributed by atoms with Crippen LogP contribution in [0.4, 0.5) is 5.69 Å². The lowest BCUT2D eigenvalue weighted by atomic mass is 10.3. The summed E-state index contributed by atoms with van der Waals surface area (Å²) in [5.74, 6) is 0.163. The maximum Gasteiger partial charge on any atom is 0.244 e. The molecule has 1 saturated heterocycles. The first kappa shape index (κ1) is 15.4. The van der Waals surface area contributed by atoms with Gasteiger partial charge >= 0.3 is 0 Å². The summed E-state index contributed by atoms with van der Waals surface area (Å²) in [5.41, 5.74) is 0.578. The molecule has 0 spiro atoms. The molecule has 1 saturated carbocycles. The van der Waals surface area contributed by atoms with Gasteiger partial charge in [0.1, 0.15) is 18.0 Å². The van der Waals surface area contributed by atoms with Gasteiger partial charge in [-0.15, -0.1) is 0 Å². The molecule has 2 fully saturated rings. The molecule has 0 radical (unpaired) electrons. The van der Waals surface area contributed by atoms with E-state index in [9.17, 15) is 14.4 Å². The summed E-state index contributed by atoms with van der Waals surface area (Å²) in [7, 11) is 0. The van der Waals surface area contributed by atoms with Gasteiger partial charge in [0, 0.05) is 5.69 Å². The van der Waals surface area contributed by atoms with E-state index in [0.717, 1.165) is 10.6 Å². The van der Waals surface area contributed by atoms with Crippen LogP contribution in [0.15, 0.2) is 54.6 Å². The number of fused-ring (bicyclic) bond motifs is 1. The fourth-order valence-corrected chi connectivity index (χ4v) is 2.98. The third kappa shape index (κ3) is 3.10. The summed E-state index contributed by atoms with van der Waals surface area (Å²) in [6, 6.07) is 16.3. The van der Waals surface area contributed by atoms with Crippen LogP contribution >= 0.6 is 0 Å². The van der Waals surface area contributed by atoms with Gasteiger partial charge in [0.15, 0.2) is 0 Å². The average molecular weight is 336 g/mol. The van der Waals surface area contributed by atoms with Crippen LogP contribution in [0, 0.1) is 11.8 Å². The molecule has 1 N–H and O–H groups in total. The number of carbonyl (C=O) groups excluding carboxylic acids is 3. The molecular weight excluding hydrogens is 320 g/mol. The van der Waals surface area contributed by atoms with Gasteiger partial charge in [-0.2, -0.15) is 0 Å². The van der Waals surface area contributed by atoms with Crippen LogP contribution < -0.4 is 10.1 Å². The quantitative estimate of drug-likeness (QED) is 0.851. The van der Waals surface area contributed by atoms with Crippen LogP contribution in [0.5, 0.6) is 11.5 Å². The molecule has 2 atom stereocenters. The topological polar surface area (TPSA) is 75.7 Å². The monoisotopic (exact) mass is 336 g/mol. The van der Waals surface area contributed by atoms with Crippen molar-refractivity contribution in [3.63, 3.8) is 0 Å². The summed E-state index contributed by atoms with van der Waals surface area (Å²) < 4.78 is 5.68. The summed E-state index contributed by atoms with van der Waals surface area (Å²) >= 11 is 0. The number of imide groups is 1. The van der Waals surface area contributed by atoms with E-state index in [1.807, 2.05) is 30.3 Å². The first-order valence-electron chi connectivity index (χ1n) is 8.10. The smallest absolute Gasteiger partial charge is 0.244 e. The van der Waals surface area contributed by atoms with Gasteiger partial charge < -0.3 is 10.1 Å². The first-order valence-corrected chi connectivity index (χ1v) is 8.10. The van der Waals surface area contributed by atoms with E-state index in [1.165, 1.54) is 0 Å². The number of anilines is 1. The van der Waals surface area contributed by atoms with E-state index >= 15 is 0 Å². The molecule has 1 aliphatic heterocycles. The second-order valence-electron chi connectivity index (χ2n) is 6.20. The Morgan fingerprint density at radius 3 is 2.20 bits per heavy atom. The van der Waals surface area contributed by atoms with Crippen LogP contribution in [-0.2, 0) is 14.4 Å². The molecule has 3 amide bonds. The molecule has 4 rings (SSSR count). The molecule has 2 unspecified atom stereocenters. The summed E-state index contributed by atoms with van der Waals surface area (Å²) in [6.07, 6.45) is 0.638. The highest BCUT2D eigenvalue weighted by Gasteiger charge is 2.59. The van der Waals surface area contributed by atoms with E-state index in [-0.39, 0.29) is 36.1 Å². The number of para-hydroxylation sites is 1. The Morgan fingerprint density at radius 1 is 0.960 bits per heavy atom. The van der Waals surface area contributed by atoms with Gasteiger partial charge in [-0.1, -0.05) is 18.2 Å². The highest BCUT2D eigenvalue weighted by Crippen LogP contribution is 2.46. The summed E-state index contributed by atoms with van der Waals surface area (Å²) in [4.78, 5) is 36.9. The zero-order chi connectivity index (χ0) is 17.4. The van der Waals surface area contributed by atoms with Crippen molar-refractivity contribution in [1.82, 2.24) is 4.90 Å². The normalized spacial score (nSPS) is 21.0. The Labute approximate surface area is 144 Å². The Bertz CT molecular complexity index is 812. The molecule has 25 heavy (non-hydrogen) atoms. The zero-order valence-corrected chi connectivity index (χ0v) is 13.3. The standard InChI is InChI=1S/C19H16N2O4/c22-17(11-21-18(23)15-10-16(15)19(21)24)20-12-6-8-14(9-7-12)25-13-4-2-1-3-5-13/h1-9,15-16H,10-11H2,(H,20,22). The number of ether oxygens (including phenoxy) is 1. The van der Waals surface area contributed by atoms with Crippen LogP contribution in [0.2, 0.25) is 0 Å². The van der Waals surface area contributed by atoms with E-state index < -0.39 is 0 Å². The van der Waals surface area contributed by atoms with E-state index in [2.05, 4.69) is 5.32 Å². The second kappa shape index (κ2) is 6.05. The molecular formula is C19H16N2O4. The molecule has 6 heteroatoms. The minimum absolute atomic E-state index is 0.185. The van der Waals surface area contributed by atoms with Crippen molar-refractivity contribution in [2.45, 2.75) is 6.42 Å². The number of nitrogens with zero attached hydrogens (tertiary/aromatic N) is 1. The predicted octanol–water partition coefficient (Wildman–Crippen LogP) is 2.42. The third-order valence-electron chi connectivity index (χ3n) is 4.38. The van der Waals surface area contributed by atoms with Crippen molar-refractivity contribution in [2.75, 3.05) is 11.9 Å². The molecule has 2 aliphatic rings. The van der Waals surface area contributed by atoms with Gasteiger partial charge in [0.2, 0.25) is 17.7 Å². The highest BCUT2D eigenvalue weighted by molar-refractivity contribution is 6.11. The predicted molar refractivity (Wildman–Crippen MR) is 89.9 cm³/mol. The fraction of sp³-hybridized carbons (Fsp3) is 0.211. The van der Waals surface area contributed by atoms with Crippen molar-refractivity contribution >= 4 is 23.4 Å². The minimum atomic E-state index is -0.389. The van der Waals surface area contributed by atoms with Crippen molar-refractivity contribution in [1.29, 1.82) is 0 Å². The molecule has 1 heterocycles. The van der Waals surface area contributed by atoms with Crippen molar-refractivity contribution in [2.24, 2.45) is 11.8 Å². The van der Waals surface area contributed by atoms with Crippen molar-refractivity contribution in [3.8, 4) is 11.5 Å². The number of hydrogen-bond acceptors (Lipinski definition) is 4. The summed E-state index contributed by atoms with van der Waals surface area (Å²) in [6.45, 7) is -0.229. The van der Waals surface area contributed by atoms with Crippen LogP contribution in [-0.4, -0.2) is 29.2 Å². The van der Waals surface area contributed by atoms with Crippen LogP contribution in [0.25, 0.3) is 0 Å². The SMILES string of the molecule is O=C(CN1C(=O)C2CC2C1=O)Nc1ccc(Oc2ccccc2)cc1. The number of benzene rings is 2. The Balaban J connectivity index is 1.34. The van der Waals surface area contributed by atoms with E-state index in [1.54, 1.807) is 24.3 Å². The number of rotatable bonds is 5. The number of amides is 3. The van der Waals surface area contributed by atoms with Crippen LogP contribution in [0.3, 0.4) is 0 Å². The van der Waals surface area contributed by atoms with Crippen LogP contribution in [0.1, 0.15) is 6.42 Å². The lowest BCUT2D eigenvalue weighted by molar-refractivity contribution is -0.143. The zero-order valence-electron chi connectivity index (χ0n) is 13.3. The largest absolute Gasteiger partial charge is 0.457 e. The Hall–Kier alpha value is -3.15. The van der Waals surface area contributed by atoms with E-state index in [0.29, 0.717) is 17.9 Å². The van der Waals surface area contributed by atoms with Gasteiger partial charge in [-0.3, -0.25) is 19.3 Å². The van der Waals surface area contributed by atoms with Crippen molar-refractivity contribution < 1.29 is 19.1 Å². The lowest BCUT2D eigenvalue weighted by Gasteiger charge is -2.16. The Kier molecular flexibility index (Phi) is 3.72. The fourth-order valence-electron chi connectivity index (χ4n) is 2.98. The van der Waals surface area contributed by atoms with Crippen molar-refractivity contribution in [3.05, 3.63) is 54.6 Å². The van der Waals surface area contributed by atoms with Gasteiger partial charge in [-0.05, 0) is 42.8 Å². The number of hydrogen-bond donors (Lipinski definition) is 1. The third-order valence-corrected chi connectivity index (χ3v) is 4.38. The molecule has 126 valence electrons. The van der Waals surface area contributed by atoms with E-state index in [4.69, 9.17) is 4.74 Å². The van der Waals surface area contributed by atoms with Gasteiger partial charge in [0.05, 0.1) is 11.8 Å². The minimum Gasteiger partial charge on any atom is -0.457 e. The molecule has 1 aliphatic carbocycles. The lowest BCUT2D eigenvalue weighted by Crippen LogP contribution is -2.39. The molecule has 0 aromatic heterocycles. The highest BCUT2D eigenvalue weighted by atomic mass is 16.5. The number of likely N-dealkylation sites (tertiary alicyclic amines) is 1. The first-order chi connectivity index (χ1) is 12.1. The molecule has 2 aromatic carbocycles. The van der Waals surface area contributed by atoms with Gasteiger partial charge in [0.25, 0.3) is 0 Å². The molecule has 6 nitrogen and oxygen atoms in total. The maximum atomic E-state index is 12.1. The number of carbonyl (C=O) groups is 3.